The number of hydrogen-bond donors (Lipinski definition) is 1. The lowest BCUT2D eigenvalue weighted by Crippen LogP contribution is -2.26. The summed E-state index contributed by atoms with van der Waals surface area (Å²) in [5, 5.41) is 0. The van der Waals surface area contributed by atoms with Crippen molar-refractivity contribution in [3.05, 3.63) is 102 Å². The minimum Gasteiger partial charge on any atom is -0.366 e. The summed E-state index contributed by atoms with van der Waals surface area (Å²) in [6.07, 6.45) is 4.47. The van der Waals surface area contributed by atoms with Crippen LogP contribution in [0.3, 0.4) is 0 Å². The van der Waals surface area contributed by atoms with Gasteiger partial charge in [0.1, 0.15) is 5.82 Å². The zero-order valence-electron chi connectivity index (χ0n) is 22.1. The molecule has 5 nitrogen and oxygen atoms in total. The summed E-state index contributed by atoms with van der Waals surface area (Å²) in [7, 11) is 0. The third kappa shape index (κ3) is 6.75. The van der Waals surface area contributed by atoms with Gasteiger partial charge in [-0.25, -0.2) is 4.98 Å². The van der Waals surface area contributed by atoms with Crippen molar-refractivity contribution in [2.75, 3.05) is 6.54 Å². The summed E-state index contributed by atoms with van der Waals surface area (Å²) in [4.78, 5) is 19.3. The van der Waals surface area contributed by atoms with Crippen LogP contribution in [0.25, 0.3) is 22.6 Å². The van der Waals surface area contributed by atoms with Crippen LogP contribution in [0.4, 0.5) is 0 Å². The van der Waals surface area contributed by atoms with E-state index >= 15 is 0 Å². The van der Waals surface area contributed by atoms with Crippen LogP contribution in [0.15, 0.2) is 84.9 Å². The molecule has 192 valence electrons. The highest BCUT2D eigenvalue weighted by atomic mass is 16.1. The number of imidazole rings is 1. The quantitative estimate of drug-likeness (QED) is 0.219. The molecule has 0 aliphatic heterocycles. The number of aromatic nitrogens is 2. The van der Waals surface area contributed by atoms with E-state index in [1.165, 1.54) is 11.3 Å². The predicted molar refractivity (Wildman–Crippen MR) is 152 cm³/mol. The van der Waals surface area contributed by atoms with Crippen LogP contribution in [0, 0.1) is 0 Å². The smallest absolute Gasteiger partial charge is 0.248 e. The summed E-state index contributed by atoms with van der Waals surface area (Å²) in [5.41, 5.74) is 11.8. The first-order valence-corrected chi connectivity index (χ1v) is 13.4. The Labute approximate surface area is 221 Å². The fourth-order valence-electron chi connectivity index (χ4n) is 4.68. The summed E-state index contributed by atoms with van der Waals surface area (Å²) in [6.45, 7) is 7.99. The first-order chi connectivity index (χ1) is 18.1. The highest BCUT2D eigenvalue weighted by molar-refractivity contribution is 5.92. The van der Waals surface area contributed by atoms with Crippen molar-refractivity contribution in [2.24, 2.45) is 5.73 Å². The van der Waals surface area contributed by atoms with Crippen LogP contribution < -0.4 is 5.73 Å². The molecular weight excluding hydrogens is 456 g/mol. The van der Waals surface area contributed by atoms with Crippen molar-refractivity contribution in [1.29, 1.82) is 0 Å². The molecule has 0 spiro atoms. The Bertz CT molecular complexity index is 1260. The predicted octanol–water partition coefficient (Wildman–Crippen LogP) is 6.92. The topological polar surface area (TPSA) is 64.2 Å². The van der Waals surface area contributed by atoms with Crippen molar-refractivity contribution in [2.45, 2.75) is 59.2 Å². The number of primary amides is 1. The molecule has 0 saturated heterocycles. The molecule has 0 fully saturated rings. The lowest BCUT2D eigenvalue weighted by atomic mass is 10.1. The Morgan fingerprint density at radius 3 is 2.03 bits per heavy atom. The Morgan fingerprint density at radius 1 is 0.811 bits per heavy atom. The molecule has 0 radical (unpaired) electrons. The second-order valence-electron chi connectivity index (χ2n) is 9.59. The molecule has 0 bridgehead atoms. The molecule has 37 heavy (non-hydrogen) atoms. The summed E-state index contributed by atoms with van der Waals surface area (Å²) in [6, 6.07) is 28.7. The van der Waals surface area contributed by atoms with Gasteiger partial charge in [0, 0.05) is 36.3 Å². The molecule has 0 saturated carbocycles. The van der Waals surface area contributed by atoms with Crippen LogP contribution in [0.5, 0.6) is 0 Å². The van der Waals surface area contributed by atoms with Crippen molar-refractivity contribution in [1.82, 2.24) is 14.5 Å². The molecule has 3 aromatic carbocycles. The number of unbranched alkanes of at least 4 members (excludes halogenated alkanes) is 2. The molecule has 0 aliphatic rings. The van der Waals surface area contributed by atoms with Gasteiger partial charge in [0.15, 0.2) is 0 Å². The first kappa shape index (κ1) is 26.4. The number of carbonyl (C=O) groups excluding carboxylic acids is 1. The Balaban J connectivity index is 1.76. The zero-order valence-corrected chi connectivity index (χ0v) is 22.1. The van der Waals surface area contributed by atoms with E-state index in [0.29, 0.717) is 5.56 Å². The molecule has 1 heterocycles. The van der Waals surface area contributed by atoms with Gasteiger partial charge in [0.2, 0.25) is 5.91 Å². The largest absolute Gasteiger partial charge is 0.366 e. The van der Waals surface area contributed by atoms with Crippen molar-refractivity contribution in [3.8, 4) is 22.6 Å². The number of amides is 1. The van der Waals surface area contributed by atoms with Gasteiger partial charge in [-0.2, -0.15) is 0 Å². The highest BCUT2D eigenvalue weighted by Gasteiger charge is 2.21. The van der Waals surface area contributed by atoms with Gasteiger partial charge >= 0.3 is 0 Å². The maximum Gasteiger partial charge on any atom is 0.248 e. The summed E-state index contributed by atoms with van der Waals surface area (Å²) >= 11 is 0. The minimum atomic E-state index is -0.393. The van der Waals surface area contributed by atoms with E-state index in [9.17, 15) is 4.79 Å². The lowest BCUT2D eigenvalue weighted by molar-refractivity contribution is 0.1000. The summed E-state index contributed by atoms with van der Waals surface area (Å²) < 4.78 is 2.44. The van der Waals surface area contributed by atoms with Crippen LogP contribution in [-0.2, 0) is 19.6 Å². The van der Waals surface area contributed by atoms with E-state index in [2.05, 4.69) is 84.0 Å². The number of nitrogens with zero attached hydrogens (tertiary/aromatic N) is 3. The number of nitrogens with two attached hydrogens (primary N) is 1. The van der Waals surface area contributed by atoms with E-state index in [0.717, 1.165) is 74.5 Å². The number of carbonyl (C=O) groups is 1. The molecule has 4 rings (SSSR count). The molecule has 0 aliphatic carbocycles. The van der Waals surface area contributed by atoms with Gasteiger partial charge in [0.25, 0.3) is 0 Å². The fourth-order valence-corrected chi connectivity index (χ4v) is 4.68. The van der Waals surface area contributed by atoms with Gasteiger partial charge in [0.05, 0.1) is 11.4 Å². The molecule has 4 aromatic rings. The molecule has 1 aromatic heterocycles. The highest BCUT2D eigenvalue weighted by Crippen LogP contribution is 2.31. The SMILES string of the molecule is CCCCN(Cc1ccc(C(N)=O)cc1)Cc1c(-c2ccccc2)nc(-c2ccccc2)n1CCCC. The average Bonchev–Trinajstić information content (AvgIpc) is 3.29. The van der Waals surface area contributed by atoms with E-state index in [-0.39, 0.29) is 0 Å². The monoisotopic (exact) mass is 494 g/mol. The van der Waals surface area contributed by atoms with Crippen LogP contribution in [0.1, 0.15) is 61.1 Å². The standard InChI is InChI=1S/C32H38N4O/c1-3-5-21-35(23-25-17-19-27(20-18-25)31(33)37)24-29-30(26-13-9-7-10-14-26)34-32(36(29)22-6-4-2)28-15-11-8-12-16-28/h7-20H,3-6,21-24H2,1-2H3,(H2,33,37). The Hall–Kier alpha value is -3.70. The number of rotatable bonds is 13. The van der Waals surface area contributed by atoms with Gasteiger partial charge in [-0.05, 0) is 37.1 Å². The molecule has 5 heteroatoms. The van der Waals surface area contributed by atoms with E-state index in [1.54, 1.807) is 0 Å². The lowest BCUT2D eigenvalue weighted by Gasteiger charge is -2.24. The number of hydrogen-bond acceptors (Lipinski definition) is 3. The molecule has 1 amide bonds. The number of benzene rings is 3. The van der Waals surface area contributed by atoms with E-state index in [1.807, 2.05) is 24.3 Å². The van der Waals surface area contributed by atoms with E-state index in [4.69, 9.17) is 10.7 Å². The summed E-state index contributed by atoms with van der Waals surface area (Å²) in [5.74, 6) is 0.638. The maximum absolute atomic E-state index is 11.5. The molecule has 0 atom stereocenters. The Morgan fingerprint density at radius 2 is 1.43 bits per heavy atom. The van der Waals surface area contributed by atoms with Crippen molar-refractivity contribution < 1.29 is 4.79 Å². The molecular formula is C32H38N4O. The van der Waals surface area contributed by atoms with Crippen LogP contribution in [-0.4, -0.2) is 26.9 Å². The van der Waals surface area contributed by atoms with E-state index < -0.39 is 5.91 Å². The average molecular weight is 495 g/mol. The van der Waals surface area contributed by atoms with Crippen molar-refractivity contribution >= 4 is 5.91 Å². The second-order valence-corrected chi connectivity index (χ2v) is 9.59. The van der Waals surface area contributed by atoms with Gasteiger partial charge in [-0.15, -0.1) is 0 Å². The van der Waals surface area contributed by atoms with Gasteiger partial charge in [-0.3, -0.25) is 9.69 Å². The first-order valence-electron chi connectivity index (χ1n) is 13.4. The van der Waals surface area contributed by atoms with Gasteiger partial charge in [-0.1, -0.05) is 99.5 Å². The Kier molecular flexibility index (Phi) is 9.28. The third-order valence-corrected chi connectivity index (χ3v) is 6.73. The molecule has 0 unspecified atom stereocenters. The minimum absolute atomic E-state index is 0.393. The van der Waals surface area contributed by atoms with Crippen LogP contribution >= 0.6 is 0 Å². The third-order valence-electron chi connectivity index (χ3n) is 6.73. The van der Waals surface area contributed by atoms with Crippen LogP contribution in [0.2, 0.25) is 0 Å². The van der Waals surface area contributed by atoms with Gasteiger partial charge < -0.3 is 10.3 Å². The maximum atomic E-state index is 11.5. The molecule has 2 N–H and O–H groups in total. The fraction of sp³-hybridized carbons (Fsp3) is 0.312. The normalized spacial score (nSPS) is 11.2. The van der Waals surface area contributed by atoms with Crippen molar-refractivity contribution in [3.63, 3.8) is 0 Å². The second kappa shape index (κ2) is 13.0. The zero-order chi connectivity index (χ0) is 26.0.